The van der Waals surface area contributed by atoms with Gasteiger partial charge in [-0.3, -0.25) is 4.98 Å². The number of nitrogens with zero attached hydrogens (tertiary/aromatic N) is 1. The molecule has 19 heavy (non-hydrogen) atoms. The van der Waals surface area contributed by atoms with E-state index in [0.29, 0.717) is 12.1 Å². The first-order valence-corrected chi connectivity index (χ1v) is 7.54. The summed E-state index contributed by atoms with van der Waals surface area (Å²) < 4.78 is 5.82. The first kappa shape index (κ1) is 14.5. The maximum Gasteiger partial charge on any atom is 0.0590 e. The lowest BCUT2D eigenvalue weighted by Gasteiger charge is -2.26. The van der Waals surface area contributed by atoms with Crippen LogP contribution in [-0.2, 0) is 17.6 Å². The number of ether oxygens (including phenoxy) is 1. The lowest BCUT2D eigenvalue weighted by molar-refractivity contribution is 0.00564. The van der Waals surface area contributed by atoms with Crippen molar-refractivity contribution in [3.05, 3.63) is 29.6 Å². The van der Waals surface area contributed by atoms with Crippen LogP contribution in [0.25, 0.3) is 0 Å². The first-order valence-electron chi connectivity index (χ1n) is 7.54. The van der Waals surface area contributed by atoms with Crippen LogP contribution in [0.3, 0.4) is 0 Å². The van der Waals surface area contributed by atoms with Crippen LogP contribution >= 0.6 is 0 Å². The first-order chi connectivity index (χ1) is 9.31. The number of pyridine rings is 1. The van der Waals surface area contributed by atoms with E-state index >= 15 is 0 Å². The van der Waals surface area contributed by atoms with Gasteiger partial charge in [0.1, 0.15) is 0 Å². The highest BCUT2D eigenvalue weighted by molar-refractivity contribution is 5.14. The summed E-state index contributed by atoms with van der Waals surface area (Å²) in [6.07, 6.45) is 9.30. The van der Waals surface area contributed by atoms with Gasteiger partial charge in [0.25, 0.3) is 0 Å². The average molecular weight is 262 g/mol. The highest BCUT2D eigenvalue weighted by Crippen LogP contribution is 2.18. The van der Waals surface area contributed by atoms with Gasteiger partial charge in [0, 0.05) is 31.0 Å². The molecular weight excluding hydrogens is 236 g/mol. The maximum absolute atomic E-state index is 5.82. The molecule has 1 aromatic rings. The van der Waals surface area contributed by atoms with Crippen molar-refractivity contribution in [3.63, 3.8) is 0 Å². The quantitative estimate of drug-likeness (QED) is 0.856. The monoisotopic (exact) mass is 262 g/mol. The van der Waals surface area contributed by atoms with E-state index in [0.717, 1.165) is 25.9 Å². The van der Waals surface area contributed by atoms with Crippen molar-refractivity contribution in [1.29, 1.82) is 0 Å². The molecule has 106 valence electrons. The van der Waals surface area contributed by atoms with Crippen LogP contribution in [0.2, 0.25) is 0 Å². The summed E-state index contributed by atoms with van der Waals surface area (Å²) in [5, 5.41) is 3.41. The highest BCUT2D eigenvalue weighted by Gasteiger charge is 2.19. The molecule has 0 radical (unpaired) electrons. The van der Waals surface area contributed by atoms with Gasteiger partial charge in [0.2, 0.25) is 0 Å². The largest absolute Gasteiger partial charge is 0.378 e. The van der Waals surface area contributed by atoms with Crippen LogP contribution in [0.1, 0.15) is 43.9 Å². The Labute approximate surface area is 116 Å². The van der Waals surface area contributed by atoms with E-state index in [1.165, 1.54) is 30.5 Å². The van der Waals surface area contributed by atoms with Crippen LogP contribution in [0, 0.1) is 0 Å². The predicted molar refractivity (Wildman–Crippen MR) is 78.4 cm³/mol. The van der Waals surface area contributed by atoms with E-state index in [-0.39, 0.29) is 0 Å². The summed E-state index contributed by atoms with van der Waals surface area (Å²) in [6.45, 7) is 3.10. The Kier molecular flexibility index (Phi) is 5.80. The molecule has 1 fully saturated rings. The Morgan fingerprint density at radius 3 is 2.89 bits per heavy atom. The number of hydrogen-bond acceptors (Lipinski definition) is 3. The van der Waals surface area contributed by atoms with E-state index in [9.17, 15) is 0 Å². The second-order valence-electron chi connectivity index (χ2n) is 5.43. The number of hydrogen-bond donors (Lipinski definition) is 1. The number of aryl methyl sites for hydroxylation is 1. The second-order valence-corrected chi connectivity index (χ2v) is 5.43. The molecule has 0 aromatic carbocycles. The molecule has 0 spiro atoms. The van der Waals surface area contributed by atoms with Gasteiger partial charge in [-0.05, 0) is 50.8 Å². The molecule has 0 aliphatic carbocycles. The van der Waals surface area contributed by atoms with Crippen molar-refractivity contribution in [2.45, 2.75) is 57.6 Å². The fourth-order valence-corrected chi connectivity index (χ4v) is 2.65. The molecule has 1 aromatic heterocycles. The molecule has 3 heteroatoms. The van der Waals surface area contributed by atoms with Crippen LogP contribution in [0.15, 0.2) is 18.3 Å². The van der Waals surface area contributed by atoms with Gasteiger partial charge in [0.15, 0.2) is 0 Å². The molecule has 2 atom stereocenters. The Hall–Kier alpha value is -0.930. The zero-order valence-electron chi connectivity index (χ0n) is 12.2. The van der Waals surface area contributed by atoms with Gasteiger partial charge in [-0.15, -0.1) is 0 Å². The molecule has 0 bridgehead atoms. The van der Waals surface area contributed by atoms with Crippen molar-refractivity contribution in [2.75, 3.05) is 13.7 Å². The Bertz CT molecular complexity index is 358. The standard InChI is InChI=1S/C16H26N2O/c1-3-13-7-8-14(18-12-13)10-15(17-2)11-16-6-4-5-9-19-16/h7-8,12,15-17H,3-6,9-11H2,1-2H3. The van der Waals surface area contributed by atoms with E-state index in [2.05, 4.69) is 29.4 Å². The summed E-state index contributed by atoms with van der Waals surface area (Å²) in [5.74, 6) is 0. The van der Waals surface area contributed by atoms with E-state index in [1.54, 1.807) is 0 Å². The molecule has 1 aliphatic rings. The van der Waals surface area contributed by atoms with Crippen molar-refractivity contribution in [2.24, 2.45) is 0 Å². The summed E-state index contributed by atoms with van der Waals surface area (Å²) in [7, 11) is 2.04. The molecule has 2 heterocycles. The fraction of sp³-hybridized carbons (Fsp3) is 0.688. The number of rotatable bonds is 6. The summed E-state index contributed by atoms with van der Waals surface area (Å²) in [4.78, 5) is 4.55. The minimum absolute atomic E-state index is 0.432. The smallest absolute Gasteiger partial charge is 0.0590 e. The zero-order chi connectivity index (χ0) is 13.5. The molecule has 1 N–H and O–H groups in total. The van der Waals surface area contributed by atoms with Crippen molar-refractivity contribution >= 4 is 0 Å². The average Bonchev–Trinajstić information content (AvgIpc) is 2.48. The molecule has 0 amide bonds. The third kappa shape index (κ3) is 4.59. The fourth-order valence-electron chi connectivity index (χ4n) is 2.65. The third-order valence-corrected chi connectivity index (χ3v) is 3.98. The van der Waals surface area contributed by atoms with Gasteiger partial charge in [-0.25, -0.2) is 0 Å². The van der Waals surface area contributed by atoms with Gasteiger partial charge < -0.3 is 10.1 Å². The lowest BCUT2D eigenvalue weighted by Crippen LogP contribution is -2.34. The Morgan fingerprint density at radius 2 is 2.32 bits per heavy atom. The summed E-state index contributed by atoms with van der Waals surface area (Å²) >= 11 is 0. The summed E-state index contributed by atoms with van der Waals surface area (Å²) in [5.41, 5.74) is 2.48. The van der Waals surface area contributed by atoms with Gasteiger partial charge in [0.05, 0.1) is 6.10 Å². The zero-order valence-corrected chi connectivity index (χ0v) is 12.2. The minimum Gasteiger partial charge on any atom is -0.378 e. The Balaban J connectivity index is 1.86. The number of aromatic nitrogens is 1. The molecule has 2 rings (SSSR count). The highest BCUT2D eigenvalue weighted by atomic mass is 16.5. The van der Waals surface area contributed by atoms with Gasteiger partial charge in [-0.1, -0.05) is 13.0 Å². The SMILES string of the molecule is CCc1ccc(CC(CC2CCCCO2)NC)nc1. The third-order valence-electron chi connectivity index (χ3n) is 3.98. The molecular formula is C16H26N2O. The second kappa shape index (κ2) is 7.61. The van der Waals surface area contributed by atoms with E-state index < -0.39 is 0 Å². The number of nitrogens with one attached hydrogen (secondary N) is 1. The molecule has 0 saturated carbocycles. The molecule has 3 nitrogen and oxygen atoms in total. The van der Waals surface area contributed by atoms with Crippen molar-refractivity contribution in [1.82, 2.24) is 10.3 Å². The van der Waals surface area contributed by atoms with Crippen LogP contribution in [0.4, 0.5) is 0 Å². The van der Waals surface area contributed by atoms with Crippen LogP contribution in [0.5, 0.6) is 0 Å². The predicted octanol–water partition coefficient (Wildman–Crippen LogP) is 2.73. The van der Waals surface area contributed by atoms with Gasteiger partial charge >= 0.3 is 0 Å². The van der Waals surface area contributed by atoms with E-state index in [4.69, 9.17) is 4.74 Å². The topological polar surface area (TPSA) is 34.1 Å². The maximum atomic E-state index is 5.82. The molecule has 2 unspecified atom stereocenters. The lowest BCUT2D eigenvalue weighted by atomic mass is 9.98. The van der Waals surface area contributed by atoms with Gasteiger partial charge in [-0.2, -0.15) is 0 Å². The van der Waals surface area contributed by atoms with E-state index in [1.807, 2.05) is 13.2 Å². The molecule has 1 saturated heterocycles. The normalized spacial score (nSPS) is 21.3. The van der Waals surface area contributed by atoms with Crippen LogP contribution in [-0.4, -0.2) is 30.8 Å². The Morgan fingerprint density at radius 1 is 1.42 bits per heavy atom. The summed E-state index contributed by atoms with van der Waals surface area (Å²) in [6, 6.07) is 4.81. The van der Waals surface area contributed by atoms with Crippen LogP contribution < -0.4 is 5.32 Å². The van der Waals surface area contributed by atoms with Crippen molar-refractivity contribution < 1.29 is 4.74 Å². The van der Waals surface area contributed by atoms with Crippen molar-refractivity contribution in [3.8, 4) is 0 Å². The number of likely N-dealkylation sites (N-methyl/N-ethyl adjacent to an activating group) is 1. The minimum atomic E-state index is 0.432. The molecule has 1 aliphatic heterocycles.